The number of benzene rings is 2. The first kappa shape index (κ1) is 15.7. The molecule has 2 aromatic carbocycles. The van der Waals surface area contributed by atoms with Crippen LogP contribution in [0.3, 0.4) is 0 Å². The van der Waals surface area contributed by atoms with Gasteiger partial charge in [0.1, 0.15) is 5.75 Å². The summed E-state index contributed by atoms with van der Waals surface area (Å²) in [6, 6.07) is 14.4. The van der Waals surface area contributed by atoms with Crippen molar-refractivity contribution in [3.63, 3.8) is 0 Å². The minimum atomic E-state index is -0.434. The van der Waals surface area contributed by atoms with Gasteiger partial charge in [-0.05, 0) is 31.2 Å². The predicted molar refractivity (Wildman–Crippen MR) is 86.6 cm³/mol. The summed E-state index contributed by atoms with van der Waals surface area (Å²) in [5.41, 5.74) is 2.31. The van der Waals surface area contributed by atoms with E-state index in [1.54, 1.807) is 25.3 Å². The summed E-state index contributed by atoms with van der Waals surface area (Å²) in [5, 5.41) is 3.89. The van der Waals surface area contributed by atoms with Crippen LogP contribution in [0.5, 0.6) is 5.75 Å². The van der Waals surface area contributed by atoms with E-state index in [4.69, 9.17) is 14.0 Å². The van der Waals surface area contributed by atoms with Crippen molar-refractivity contribution in [2.75, 3.05) is 7.11 Å². The van der Waals surface area contributed by atoms with Gasteiger partial charge in [-0.1, -0.05) is 35.0 Å². The molecule has 0 bridgehead atoms. The third kappa shape index (κ3) is 3.60. The van der Waals surface area contributed by atoms with E-state index in [0.717, 1.165) is 11.1 Å². The van der Waals surface area contributed by atoms with E-state index in [1.807, 2.05) is 37.3 Å². The molecular formula is C18H16N2O4. The van der Waals surface area contributed by atoms with Gasteiger partial charge in [-0.25, -0.2) is 4.79 Å². The van der Waals surface area contributed by atoms with Gasteiger partial charge in [-0.2, -0.15) is 4.98 Å². The van der Waals surface area contributed by atoms with Crippen LogP contribution >= 0.6 is 0 Å². The molecule has 0 unspecified atom stereocenters. The summed E-state index contributed by atoms with van der Waals surface area (Å²) in [4.78, 5) is 16.2. The van der Waals surface area contributed by atoms with Crippen molar-refractivity contribution in [2.45, 2.75) is 13.5 Å². The number of aryl methyl sites for hydroxylation is 1. The lowest BCUT2D eigenvalue weighted by Gasteiger charge is -2.02. The maximum Gasteiger partial charge on any atom is 0.338 e. The molecule has 0 amide bonds. The van der Waals surface area contributed by atoms with Gasteiger partial charge in [0.25, 0.3) is 5.89 Å². The molecule has 0 aliphatic carbocycles. The number of esters is 1. The van der Waals surface area contributed by atoms with E-state index in [0.29, 0.717) is 17.1 Å². The van der Waals surface area contributed by atoms with E-state index in [1.165, 1.54) is 0 Å². The molecule has 0 aliphatic heterocycles. The van der Waals surface area contributed by atoms with Crippen LogP contribution in [0.2, 0.25) is 0 Å². The number of carbonyl (C=O) groups is 1. The zero-order valence-corrected chi connectivity index (χ0v) is 13.4. The third-order valence-electron chi connectivity index (χ3n) is 3.41. The third-order valence-corrected chi connectivity index (χ3v) is 3.41. The molecule has 3 aromatic rings. The quantitative estimate of drug-likeness (QED) is 0.670. The van der Waals surface area contributed by atoms with Gasteiger partial charge in [-0.15, -0.1) is 0 Å². The zero-order valence-electron chi connectivity index (χ0n) is 13.4. The highest BCUT2D eigenvalue weighted by molar-refractivity contribution is 5.89. The normalized spacial score (nSPS) is 10.4. The molecule has 6 nitrogen and oxygen atoms in total. The van der Waals surface area contributed by atoms with Crippen LogP contribution in [0, 0.1) is 6.92 Å². The van der Waals surface area contributed by atoms with Crippen LogP contribution in [0.15, 0.2) is 53.1 Å². The lowest BCUT2D eigenvalue weighted by molar-refractivity contribution is 0.0430. The molecule has 6 heteroatoms. The second kappa shape index (κ2) is 6.95. The van der Waals surface area contributed by atoms with Crippen molar-refractivity contribution in [1.82, 2.24) is 10.1 Å². The first-order valence-corrected chi connectivity index (χ1v) is 7.36. The zero-order chi connectivity index (χ0) is 16.9. The molecule has 122 valence electrons. The van der Waals surface area contributed by atoms with Crippen molar-refractivity contribution in [2.24, 2.45) is 0 Å². The number of hydrogen-bond donors (Lipinski definition) is 0. The number of nitrogens with zero attached hydrogens (tertiary/aromatic N) is 2. The minimum absolute atomic E-state index is 0.0797. The van der Waals surface area contributed by atoms with E-state index in [9.17, 15) is 4.79 Å². The minimum Gasteiger partial charge on any atom is -0.497 e. The van der Waals surface area contributed by atoms with Gasteiger partial charge < -0.3 is 14.0 Å². The molecule has 24 heavy (non-hydrogen) atoms. The SMILES string of the molecule is COc1cccc(-c2noc(COC(=O)c3ccc(C)cc3)n2)c1. The Hall–Kier alpha value is -3.15. The fourth-order valence-electron chi connectivity index (χ4n) is 2.09. The highest BCUT2D eigenvalue weighted by atomic mass is 16.6. The standard InChI is InChI=1S/C18H16N2O4/c1-12-6-8-13(9-7-12)18(21)23-11-16-19-17(20-24-16)14-4-3-5-15(10-14)22-2/h3-10H,11H2,1-2H3. The molecule has 1 aromatic heterocycles. The van der Waals surface area contributed by atoms with E-state index in [2.05, 4.69) is 10.1 Å². The van der Waals surface area contributed by atoms with Crippen LogP contribution in [0.1, 0.15) is 21.8 Å². The average Bonchev–Trinajstić information content (AvgIpc) is 3.09. The van der Waals surface area contributed by atoms with Gasteiger partial charge in [0, 0.05) is 5.56 Å². The van der Waals surface area contributed by atoms with Crippen molar-refractivity contribution >= 4 is 5.97 Å². The predicted octanol–water partition coefficient (Wildman–Crippen LogP) is 3.41. The topological polar surface area (TPSA) is 74.5 Å². The Morgan fingerprint density at radius 2 is 1.96 bits per heavy atom. The van der Waals surface area contributed by atoms with E-state index in [-0.39, 0.29) is 12.5 Å². The highest BCUT2D eigenvalue weighted by Crippen LogP contribution is 2.21. The monoisotopic (exact) mass is 324 g/mol. The molecule has 1 heterocycles. The summed E-state index contributed by atoms with van der Waals surface area (Å²) >= 11 is 0. The Balaban J connectivity index is 1.65. The Bertz CT molecular complexity index is 840. The lowest BCUT2D eigenvalue weighted by Crippen LogP contribution is -2.05. The Morgan fingerprint density at radius 1 is 1.17 bits per heavy atom. The molecule has 0 aliphatic rings. The van der Waals surface area contributed by atoms with Gasteiger partial charge in [0.15, 0.2) is 6.61 Å². The molecule has 0 saturated carbocycles. The Morgan fingerprint density at radius 3 is 2.71 bits per heavy atom. The second-order valence-corrected chi connectivity index (χ2v) is 5.19. The largest absolute Gasteiger partial charge is 0.497 e. The molecule has 0 atom stereocenters. The molecule has 0 fully saturated rings. The smallest absolute Gasteiger partial charge is 0.338 e. The summed E-state index contributed by atoms with van der Waals surface area (Å²) in [6.45, 7) is 1.87. The average molecular weight is 324 g/mol. The van der Waals surface area contributed by atoms with Gasteiger partial charge >= 0.3 is 5.97 Å². The molecule has 0 N–H and O–H groups in total. The van der Waals surface area contributed by atoms with E-state index >= 15 is 0 Å². The number of aromatic nitrogens is 2. The van der Waals surface area contributed by atoms with Gasteiger partial charge in [0.05, 0.1) is 12.7 Å². The maximum atomic E-state index is 12.0. The molecule has 3 rings (SSSR count). The number of ether oxygens (including phenoxy) is 2. The van der Waals surface area contributed by atoms with Crippen molar-refractivity contribution in [1.29, 1.82) is 0 Å². The van der Waals surface area contributed by atoms with Crippen LogP contribution in [0.25, 0.3) is 11.4 Å². The molecule has 0 radical (unpaired) electrons. The van der Waals surface area contributed by atoms with Gasteiger partial charge in [0.2, 0.25) is 5.82 Å². The lowest BCUT2D eigenvalue weighted by atomic mass is 10.1. The maximum absolute atomic E-state index is 12.0. The van der Waals surface area contributed by atoms with Crippen LogP contribution in [-0.2, 0) is 11.3 Å². The first-order chi connectivity index (χ1) is 11.7. The van der Waals surface area contributed by atoms with Gasteiger partial charge in [-0.3, -0.25) is 0 Å². The van der Waals surface area contributed by atoms with Crippen molar-refractivity contribution < 1.29 is 18.8 Å². The van der Waals surface area contributed by atoms with Crippen LogP contribution in [-0.4, -0.2) is 23.2 Å². The van der Waals surface area contributed by atoms with Crippen molar-refractivity contribution in [3.8, 4) is 17.1 Å². The highest BCUT2D eigenvalue weighted by Gasteiger charge is 2.12. The van der Waals surface area contributed by atoms with Crippen LogP contribution in [0.4, 0.5) is 0 Å². The second-order valence-electron chi connectivity index (χ2n) is 5.19. The summed E-state index contributed by atoms with van der Waals surface area (Å²) in [5.74, 6) is 0.907. The number of carbonyl (C=O) groups excluding carboxylic acids is 1. The summed E-state index contributed by atoms with van der Waals surface area (Å²) < 4.78 is 15.5. The molecule has 0 saturated heterocycles. The van der Waals surface area contributed by atoms with Crippen molar-refractivity contribution in [3.05, 3.63) is 65.5 Å². The summed E-state index contributed by atoms with van der Waals surface area (Å²) in [7, 11) is 1.59. The fraction of sp³-hybridized carbons (Fsp3) is 0.167. The molecular weight excluding hydrogens is 308 g/mol. The first-order valence-electron chi connectivity index (χ1n) is 7.36. The number of methoxy groups -OCH3 is 1. The van der Waals surface area contributed by atoms with Crippen LogP contribution < -0.4 is 4.74 Å². The number of hydrogen-bond acceptors (Lipinski definition) is 6. The Labute approximate surface area is 139 Å². The fourth-order valence-corrected chi connectivity index (χ4v) is 2.09. The Kier molecular flexibility index (Phi) is 4.56. The number of rotatable bonds is 5. The van der Waals surface area contributed by atoms with E-state index < -0.39 is 5.97 Å². The summed E-state index contributed by atoms with van der Waals surface area (Å²) in [6.07, 6.45) is 0. The molecule has 0 spiro atoms.